The van der Waals surface area contributed by atoms with Crippen LogP contribution in [0.1, 0.15) is 36.0 Å². The van der Waals surface area contributed by atoms with Crippen molar-refractivity contribution in [3.05, 3.63) is 34.9 Å². The minimum Gasteiger partial charge on any atom is -0.379 e. The van der Waals surface area contributed by atoms with Gasteiger partial charge in [-0.25, -0.2) is 0 Å². The van der Waals surface area contributed by atoms with Gasteiger partial charge in [0.25, 0.3) is 0 Å². The highest BCUT2D eigenvalue weighted by Gasteiger charge is 2.60. The molecule has 0 amide bonds. The van der Waals surface area contributed by atoms with E-state index in [1.54, 1.807) is 0 Å². The molecule has 0 N–H and O–H groups in total. The summed E-state index contributed by atoms with van der Waals surface area (Å²) >= 11 is 0. The van der Waals surface area contributed by atoms with E-state index in [0.29, 0.717) is 13.2 Å². The molecule has 1 saturated heterocycles. The van der Waals surface area contributed by atoms with Crippen molar-refractivity contribution in [3.63, 3.8) is 0 Å². The van der Waals surface area contributed by atoms with Crippen molar-refractivity contribution < 1.29 is 4.74 Å². The number of hydrogen-bond donors (Lipinski definition) is 0. The van der Waals surface area contributed by atoms with Gasteiger partial charge >= 0.3 is 0 Å². The van der Waals surface area contributed by atoms with Crippen LogP contribution < -0.4 is 0 Å². The van der Waals surface area contributed by atoms with Crippen molar-refractivity contribution in [3.8, 4) is 6.07 Å². The van der Waals surface area contributed by atoms with E-state index < -0.39 is 0 Å². The molecule has 1 aromatic carbocycles. The first kappa shape index (κ1) is 11.7. The first-order valence-corrected chi connectivity index (χ1v) is 6.70. The Labute approximate surface area is 109 Å². The molecule has 1 aliphatic carbocycles. The van der Waals surface area contributed by atoms with Gasteiger partial charge in [-0.3, -0.25) is 0 Å². The largest absolute Gasteiger partial charge is 0.379 e. The maximum atomic E-state index is 9.64. The van der Waals surface area contributed by atoms with E-state index in [4.69, 9.17) is 4.74 Å². The summed E-state index contributed by atoms with van der Waals surface area (Å²) in [6.45, 7) is 5.70. The second kappa shape index (κ2) is 3.83. The molecule has 0 spiro atoms. The van der Waals surface area contributed by atoms with Crippen LogP contribution in [0.2, 0.25) is 0 Å². The van der Waals surface area contributed by atoms with E-state index in [9.17, 15) is 5.26 Å². The lowest BCUT2D eigenvalue weighted by Gasteiger charge is -2.57. The summed E-state index contributed by atoms with van der Waals surface area (Å²) < 4.78 is 5.51. The third-order valence-electron chi connectivity index (χ3n) is 4.93. The minimum absolute atomic E-state index is 0.0439. The molecule has 0 aromatic heterocycles. The molecule has 0 atom stereocenters. The summed E-state index contributed by atoms with van der Waals surface area (Å²) in [5.41, 5.74) is 3.70. The summed E-state index contributed by atoms with van der Waals surface area (Å²) in [5, 5.41) is 9.64. The second-order valence-corrected chi connectivity index (χ2v) is 5.94. The topological polar surface area (TPSA) is 33.0 Å². The fourth-order valence-electron chi connectivity index (χ4n) is 3.57. The number of nitriles is 1. The molecule has 1 heterocycles. The fraction of sp³-hybridized carbons (Fsp3) is 0.562. The number of ether oxygens (including phenoxy) is 1. The van der Waals surface area contributed by atoms with Gasteiger partial charge in [-0.1, -0.05) is 30.2 Å². The van der Waals surface area contributed by atoms with Crippen molar-refractivity contribution in [2.45, 2.75) is 38.5 Å². The van der Waals surface area contributed by atoms with Gasteiger partial charge in [-0.05, 0) is 37.8 Å². The Kier molecular flexibility index (Phi) is 2.50. The molecular weight excluding hydrogens is 222 g/mol. The smallest absolute Gasteiger partial charge is 0.0715 e. The summed E-state index contributed by atoms with van der Waals surface area (Å²) in [7, 11) is 0. The van der Waals surface area contributed by atoms with Crippen molar-refractivity contribution in [1.29, 1.82) is 5.26 Å². The van der Waals surface area contributed by atoms with Crippen LogP contribution in [-0.2, 0) is 10.2 Å². The molecular formula is C16H19NO. The van der Waals surface area contributed by atoms with Crippen molar-refractivity contribution in [2.24, 2.45) is 5.41 Å². The number of rotatable bonds is 2. The molecule has 1 aromatic rings. The Morgan fingerprint density at radius 2 is 1.94 bits per heavy atom. The maximum Gasteiger partial charge on any atom is 0.0715 e. The molecule has 1 aliphatic heterocycles. The van der Waals surface area contributed by atoms with E-state index in [1.807, 2.05) is 0 Å². The zero-order chi connectivity index (χ0) is 12.8. The summed E-state index contributed by atoms with van der Waals surface area (Å²) in [5.74, 6) is 0. The number of benzene rings is 1. The lowest BCUT2D eigenvalue weighted by atomic mass is 9.50. The Balaban J connectivity index is 2.09. The maximum absolute atomic E-state index is 9.64. The van der Waals surface area contributed by atoms with E-state index in [-0.39, 0.29) is 10.8 Å². The second-order valence-electron chi connectivity index (χ2n) is 5.94. The quantitative estimate of drug-likeness (QED) is 0.796. The molecule has 2 heteroatoms. The van der Waals surface area contributed by atoms with Crippen molar-refractivity contribution in [2.75, 3.05) is 13.2 Å². The lowest BCUT2D eigenvalue weighted by molar-refractivity contribution is -0.135. The molecule has 2 nitrogen and oxygen atoms in total. The van der Waals surface area contributed by atoms with Crippen LogP contribution in [0.15, 0.2) is 18.2 Å². The average Bonchev–Trinajstić information content (AvgIpc) is 2.22. The highest BCUT2D eigenvalue weighted by molar-refractivity contribution is 5.43. The third-order valence-corrected chi connectivity index (χ3v) is 4.93. The SMILES string of the molecule is Cc1ccc(C2(C3(C#N)CCC3)COC2)c(C)c1. The summed E-state index contributed by atoms with van der Waals surface area (Å²) in [4.78, 5) is 0. The van der Waals surface area contributed by atoms with Crippen LogP contribution in [0.3, 0.4) is 0 Å². The highest BCUT2D eigenvalue weighted by Crippen LogP contribution is 2.58. The predicted molar refractivity (Wildman–Crippen MR) is 70.3 cm³/mol. The summed E-state index contributed by atoms with van der Waals surface area (Å²) in [6.07, 6.45) is 3.24. The first-order chi connectivity index (χ1) is 8.63. The molecule has 0 bridgehead atoms. The van der Waals surface area contributed by atoms with E-state index in [1.165, 1.54) is 23.1 Å². The van der Waals surface area contributed by atoms with Crippen LogP contribution >= 0.6 is 0 Å². The molecule has 3 rings (SSSR count). The Hall–Kier alpha value is -1.33. The van der Waals surface area contributed by atoms with Gasteiger partial charge in [0.15, 0.2) is 0 Å². The predicted octanol–water partition coefficient (Wildman–Crippen LogP) is 3.27. The normalized spacial score (nSPS) is 23.6. The monoisotopic (exact) mass is 241 g/mol. The van der Waals surface area contributed by atoms with Crippen LogP contribution in [0, 0.1) is 30.6 Å². The molecule has 0 radical (unpaired) electrons. The Morgan fingerprint density at radius 1 is 1.22 bits per heavy atom. The van der Waals surface area contributed by atoms with Gasteiger partial charge in [-0.2, -0.15) is 5.26 Å². The summed E-state index contributed by atoms with van der Waals surface area (Å²) in [6, 6.07) is 9.21. The fourth-order valence-corrected chi connectivity index (χ4v) is 3.57. The zero-order valence-electron chi connectivity index (χ0n) is 11.1. The van der Waals surface area contributed by atoms with E-state index in [0.717, 1.165) is 12.8 Å². The van der Waals surface area contributed by atoms with Crippen LogP contribution in [0.4, 0.5) is 0 Å². The third kappa shape index (κ3) is 1.31. The van der Waals surface area contributed by atoms with Gasteiger partial charge in [0, 0.05) is 0 Å². The molecule has 18 heavy (non-hydrogen) atoms. The van der Waals surface area contributed by atoms with Crippen LogP contribution in [-0.4, -0.2) is 13.2 Å². The van der Waals surface area contributed by atoms with Crippen molar-refractivity contribution in [1.82, 2.24) is 0 Å². The van der Waals surface area contributed by atoms with Gasteiger partial charge in [-0.15, -0.1) is 0 Å². The van der Waals surface area contributed by atoms with Crippen LogP contribution in [0.25, 0.3) is 0 Å². The van der Waals surface area contributed by atoms with Crippen LogP contribution in [0.5, 0.6) is 0 Å². The lowest BCUT2D eigenvalue weighted by Crippen LogP contribution is -2.61. The Morgan fingerprint density at radius 3 is 2.33 bits per heavy atom. The van der Waals surface area contributed by atoms with E-state index >= 15 is 0 Å². The van der Waals surface area contributed by atoms with Gasteiger partial charge < -0.3 is 4.74 Å². The number of hydrogen-bond acceptors (Lipinski definition) is 2. The molecule has 2 aliphatic rings. The number of aryl methyl sites for hydroxylation is 2. The minimum atomic E-state index is -0.175. The van der Waals surface area contributed by atoms with Gasteiger partial charge in [0.2, 0.25) is 0 Å². The standard InChI is InChI=1S/C16H19NO/c1-12-4-5-14(13(2)8-12)16(10-18-11-16)15(9-17)6-3-7-15/h4-5,8H,3,6-7,10-11H2,1-2H3. The first-order valence-electron chi connectivity index (χ1n) is 6.70. The van der Waals surface area contributed by atoms with Gasteiger partial charge in [0.05, 0.1) is 30.1 Å². The molecule has 1 saturated carbocycles. The highest BCUT2D eigenvalue weighted by atomic mass is 16.5. The molecule has 94 valence electrons. The molecule has 2 fully saturated rings. The van der Waals surface area contributed by atoms with E-state index in [2.05, 4.69) is 38.1 Å². The van der Waals surface area contributed by atoms with Crippen molar-refractivity contribution >= 4 is 0 Å². The molecule has 0 unspecified atom stereocenters. The average molecular weight is 241 g/mol. The van der Waals surface area contributed by atoms with Gasteiger partial charge in [0.1, 0.15) is 0 Å². The Bertz CT molecular complexity index is 518. The zero-order valence-corrected chi connectivity index (χ0v) is 11.1. The number of nitrogens with zero attached hydrogens (tertiary/aromatic N) is 1.